The average molecular weight is 451 g/mol. The lowest BCUT2D eigenvalue weighted by molar-refractivity contribution is -0.142. The van der Waals surface area contributed by atoms with Crippen molar-refractivity contribution < 1.29 is 22.7 Å². The maximum Gasteiger partial charge on any atom is 0.267 e. The molecule has 2 aliphatic rings. The summed E-state index contributed by atoms with van der Waals surface area (Å²) < 4.78 is 36.4. The Bertz CT molecular complexity index is 1000. The van der Waals surface area contributed by atoms with E-state index in [0.29, 0.717) is 49.2 Å². The average Bonchev–Trinajstić information content (AvgIpc) is 2.77. The summed E-state index contributed by atoms with van der Waals surface area (Å²) in [6, 6.07) is 13.5. The van der Waals surface area contributed by atoms with Crippen LogP contribution in [0.4, 0.5) is 0 Å². The molecule has 2 aliphatic heterocycles. The topological polar surface area (TPSA) is 76.2 Å². The van der Waals surface area contributed by atoms with E-state index in [2.05, 4.69) is 4.90 Å². The first-order valence-electron chi connectivity index (χ1n) is 9.80. The van der Waals surface area contributed by atoms with Crippen LogP contribution in [0.5, 0.6) is 11.5 Å². The number of halogens is 1. The molecule has 2 aromatic rings. The first kappa shape index (κ1) is 21.0. The van der Waals surface area contributed by atoms with E-state index >= 15 is 0 Å². The number of rotatable bonds is 5. The highest BCUT2D eigenvalue weighted by Gasteiger charge is 2.32. The fraction of sp³-hybridized carbons (Fsp3) is 0.381. The fourth-order valence-corrected chi connectivity index (χ4v) is 4.96. The highest BCUT2D eigenvalue weighted by atomic mass is 35.5. The molecule has 0 aromatic heterocycles. The van der Waals surface area contributed by atoms with Gasteiger partial charge >= 0.3 is 0 Å². The van der Waals surface area contributed by atoms with Crippen molar-refractivity contribution in [1.82, 2.24) is 9.80 Å². The fourth-order valence-electron chi connectivity index (χ4n) is 3.55. The monoisotopic (exact) mass is 450 g/mol. The molecule has 1 amide bonds. The first-order chi connectivity index (χ1) is 14.4. The minimum absolute atomic E-state index is 0.0267. The molecule has 0 aliphatic carbocycles. The maximum atomic E-state index is 12.8. The van der Waals surface area contributed by atoms with Crippen molar-refractivity contribution in [2.24, 2.45) is 0 Å². The Labute approximate surface area is 181 Å². The summed E-state index contributed by atoms with van der Waals surface area (Å²) in [5, 5.41) is 0.505. The van der Waals surface area contributed by atoms with Crippen molar-refractivity contribution in [2.75, 3.05) is 45.1 Å². The third-order valence-electron chi connectivity index (χ3n) is 5.32. The molecule has 1 fully saturated rings. The molecule has 1 saturated heterocycles. The molecule has 1 atom stereocenters. The second kappa shape index (κ2) is 8.83. The molecule has 0 saturated carbocycles. The molecule has 0 unspecified atom stereocenters. The van der Waals surface area contributed by atoms with E-state index in [1.165, 1.54) is 12.1 Å². The lowest BCUT2D eigenvalue weighted by Gasteiger charge is -2.37. The first-order valence-corrected chi connectivity index (χ1v) is 11.8. The molecule has 0 radical (unpaired) electrons. The Hall–Kier alpha value is -2.29. The van der Waals surface area contributed by atoms with Crippen LogP contribution in [0.1, 0.15) is 0 Å². The number of amides is 1. The standard InChI is InChI=1S/C21H23ClN2O5S/c22-16-5-7-17(8-6-16)30(26,27)14-13-23-9-11-24(12-10-23)21(25)20-15-28-18-3-1-2-4-19(18)29-20/h1-8,20H,9-15H2/t20-/m1/s1. The van der Waals surface area contributed by atoms with Gasteiger partial charge in [-0.1, -0.05) is 23.7 Å². The summed E-state index contributed by atoms with van der Waals surface area (Å²) >= 11 is 5.83. The predicted octanol–water partition coefficient (Wildman–Crippen LogP) is 2.10. The minimum Gasteiger partial charge on any atom is -0.485 e. The zero-order chi connectivity index (χ0) is 21.1. The second-order valence-corrected chi connectivity index (χ2v) is 9.85. The number of carbonyl (C=O) groups is 1. The van der Waals surface area contributed by atoms with Crippen LogP contribution in [0.15, 0.2) is 53.4 Å². The Kier molecular flexibility index (Phi) is 6.17. The Morgan fingerprint density at radius 2 is 1.67 bits per heavy atom. The Morgan fingerprint density at radius 1 is 1.00 bits per heavy atom. The minimum atomic E-state index is -3.37. The molecule has 2 heterocycles. The van der Waals surface area contributed by atoms with Gasteiger partial charge < -0.3 is 14.4 Å². The number of ether oxygens (including phenoxy) is 2. The van der Waals surface area contributed by atoms with E-state index in [1.54, 1.807) is 23.1 Å². The molecule has 0 N–H and O–H groups in total. The molecule has 160 valence electrons. The third-order valence-corrected chi connectivity index (χ3v) is 7.28. The molecule has 2 aromatic carbocycles. The number of benzene rings is 2. The van der Waals surface area contributed by atoms with Crippen LogP contribution in [0.2, 0.25) is 5.02 Å². The van der Waals surface area contributed by atoms with Crippen molar-refractivity contribution in [3.63, 3.8) is 0 Å². The summed E-state index contributed by atoms with van der Waals surface area (Å²) in [5.74, 6) is 1.15. The molecule has 4 rings (SSSR count). The number of nitrogens with zero attached hydrogens (tertiary/aromatic N) is 2. The lowest BCUT2D eigenvalue weighted by atomic mass is 10.2. The number of sulfone groups is 1. The lowest BCUT2D eigenvalue weighted by Crippen LogP contribution is -2.54. The Balaban J connectivity index is 1.27. The van der Waals surface area contributed by atoms with Crippen LogP contribution < -0.4 is 9.47 Å². The van der Waals surface area contributed by atoms with Crippen LogP contribution in [0.3, 0.4) is 0 Å². The normalized spacial score (nSPS) is 19.5. The quantitative estimate of drug-likeness (QED) is 0.694. The summed E-state index contributed by atoms with van der Waals surface area (Å²) in [7, 11) is -3.37. The van der Waals surface area contributed by atoms with Gasteiger partial charge in [0.15, 0.2) is 21.3 Å². The number of hydrogen-bond acceptors (Lipinski definition) is 6. The smallest absolute Gasteiger partial charge is 0.267 e. The van der Waals surface area contributed by atoms with E-state index in [0.717, 1.165) is 0 Å². The zero-order valence-electron chi connectivity index (χ0n) is 16.4. The molecular formula is C21H23ClN2O5S. The molecular weight excluding hydrogens is 428 g/mol. The number of fused-ring (bicyclic) bond motifs is 1. The highest BCUT2D eigenvalue weighted by molar-refractivity contribution is 7.91. The number of para-hydroxylation sites is 2. The maximum absolute atomic E-state index is 12.8. The van der Waals surface area contributed by atoms with Gasteiger partial charge in [0.1, 0.15) is 6.61 Å². The molecule has 7 nitrogen and oxygen atoms in total. The van der Waals surface area contributed by atoms with Gasteiger partial charge in [-0.2, -0.15) is 0 Å². The Morgan fingerprint density at radius 3 is 2.37 bits per heavy atom. The van der Waals surface area contributed by atoms with Gasteiger partial charge in [0, 0.05) is 37.7 Å². The molecule has 0 bridgehead atoms. The summed E-state index contributed by atoms with van der Waals surface area (Å²) in [6.45, 7) is 2.90. The third kappa shape index (κ3) is 4.71. The van der Waals surface area contributed by atoms with Gasteiger partial charge in [0.2, 0.25) is 6.10 Å². The van der Waals surface area contributed by atoms with Crippen molar-refractivity contribution in [3.05, 3.63) is 53.6 Å². The van der Waals surface area contributed by atoms with Crippen LogP contribution in [0.25, 0.3) is 0 Å². The van der Waals surface area contributed by atoms with Crippen molar-refractivity contribution >= 4 is 27.3 Å². The van der Waals surface area contributed by atoms with Gasteiger partial charge in [-0.25, -0.2) is 8.42 Å². The van der Waals surface area contributed by atoms with Gasteiger partial charge in [-0.3, -0.25) is 9.69 Å². The largest absolute Gasteiger partial charge is 0.485 e. The van der Waals surface area contributed by atoms with E-state index < -0.39 is 15.9 Å². The van der Waals surface area contributed by atoms with E-state index in [1.807, 2.05) is 18.2 Å². The van der Waals surface area contributed by atoms with Crippen LogP contribution in [-0.4, -0.2) is 75.3 Å². The number of hydrogen-bond donors (Lipinski definition) is 0. The molecule has 30 heavy (non-hydrogen) atoms. The highest BCUT2D eigenvalue weighted by Crippen LogP contribution is 2.31. The zero-order valence-corrected chi connectivity index (χ0v) is 17.9. The summed E-state index contributed by atoms with van der Waals surface area (Å²) in [6.07, 6.45) is -0.656. The van der Waals surface area contributed by atoms with E-state index in [9.17, 15) is 13.2 Å². The van der Waals surface area contributed by atoms with Crippen LogP contribution in [-0.2, 0) is 14.6 Å². The second-order valence-electron chi connectivity index (χ2n) is 7.30. The number of piperazine rings is 1. The summed E-state index contributed by atoms with van der Waals surface area (Å²) in [5.41, 5.74) is 0. The van der Waals surface area contributed by atoms with Crippen molar-refractivity contribution in [3.8, 4) is 11.5 Å². The van der Waals surface area contributed by atoms with Crippen molar-refractivity contribution in [2.45, 2.75) is 11.0 Å². The van der Waals surface area contributed by atoms with Crippen molar-refractivity contribution in [1.29, 1.82) is 0 Å². The van der Waals surface area contributed by atoms with E-state index in [-0.39, 0.29) is 23.2 Å². The molecule has 9 heteroatoms. The predicted molar refractivity (Wildman–Crippen MR) is 113 cm³/mol. The SMILES string of the molecule is O=C([C@H]1COc2ccccc2O1)N1CCN(CCS(=O)(=O)c2ccc(Cl)cc2)CC1. The van der Waals surface area contributed by atoms with Crippen LogP contribution >= 0.6 is 11.6 Å². The van der Waals surface area contributed by atoms with Gasteiger partial charge in [0.25, 0.3) is 5.91 Å². The van der Waals surface area contributed by atoms with Gasteiger partial charge in [0.05, 0.1) is 10.6 Å². The van der Waals surface area contributed by atoms with Gasteiger partial charge in [-0.15, -0.1) is 0 Å². The number of carbonyl (C=O) groups excluding carboxylic acids is 1. The molecule has 0 spiro atoms. The van der Waals surface area contributed by atoms with E-state index in [4.69, 9.17) is 21.1 Å². The van der Waals surface area contributed by atoms with Crippen LogP contribution in [0, 0.1) is 0 Å². The summed E-state index contributed by atoms with van der Waals surface area (Å²) in [4.78, 5) is 16.9. The van der Waals surface area contributed by atoms with Gasteiger partial charge in [-0.05, 0) is 36.4 Å².